The van der Waals surface area contributed by atoms with Gasteiger partial charge in [0.05, 0.1) is 12.2 Å². The fourth-order valence-corrected chi connectivity index (χ4v) is 3.91. The van der Waals surface area contributed by atoms with Crippen molar-refractivity contribution in [2.45, 2.75) is 12.5 Å². The van der Waals surface area contributed by atoms with Crippen LogP contribution in [0, 0.1) is 0 Å². The summed E-state index contributed by atoms with van der Waals surface area (Å²) in [5.74, 6) is 2.13. The van der Waals surface area contributed by atoms with Gasteiger partial charge in [0.15, 0.2) is 0 Å². The highest BCUT2D eigenvalue weighted by Crippen LogP contribution is 2.26. The Hall–Kier alpha value is -0.720. The topological polar surface area (TPSA) is 55.6 Å². The van der Waals surface area contributed by atoms with Crippen molar-refractivity contribution in [3.8, 4) is 0 Å². The quantitative estimate of drug-likeness (QED) is 0.822. The molecule has 1 atom stereocenters. The van der Waals surface area contributed by atoms with Crippen molar-refractivity contribution in [2.24, 2.45) is 0 Å². The number of rotatable bonds is 5. The standard InChI is InChI=1S/C14H19BrN2O2S/c1-19-6-5-17(11-4-7-20-9-11)14(18)12-8-10(16)2-3-13(12)15/h2-3,8,11H,4-7,9,16H2,1H3. The molecule has 1 fully saturated rings. The van der Waals surface area contributed by atoms with Crippen molar-refractivity contribution in [3.05, 3.63) is 28.2 Å². The van der Waals surface area contributed by atoms with Gasteiger partial charge < -0.3 is 15.4 Å². The maximum absolute atomic E-state index is 12.8. The Morgan fingerprint density at radius 3 is 3.05 bits per heavy atom. The molecular formula is C14H19BrN2O2S. The lowest BCUT2D eigenvalue weighted by molar-refractivity contribution is 0.0624. The molecule has 110 valence electrons. The van der Waals surface area contributed by atoms with Crippen LogP contribution in [0.15, 0.2) is 22.7 Å². The van der Waals surface area contributed by atoms with Crippen LogP contribution in [-0.4, -0.2) is 48.6 Å². The molecule has 0 spiro atoms. The number of thioether (sulfide) groups is 1. The van der Waals surface area contributed by atoms with Crippen LogP contribution in [0.1, 0.15) is 16.8 Å². The van der Waals surface area contributed by atoms with Crippen molar-refractivity contribution in [2.75, 3.05) is 37.5 Å². The van der Waals surface area contributed by atoms with Crippen molar-refractivity contribution in [1.29, 1.82) is 0 Å². The number of carbonyl (C=O) groups is 1. The number of hydrogen-bond acceptors (Lipinski definition) is 4. The highest BCUT2D eigenvalue weighted by Gasteiger charge is 2.28. The largest absolute Gasteiger partial charge is 0.399 e. The monoisotopic (exact) mass is 358 g/mol. The van der Waals surface area contributed by atoms with E-state index in [2.05, 4.69) is 15.9 Å². The predicted molar refractivity (Wildman–Crippen MR) is 87.2 cm³/mol. The molecule has 1 amide bonds. The molecule has 1 saturated heterocycles. The lowest BCUT2D eigenvalue weighted by Gasteiger charge is -2.29. The van der Waals surface area contributed by atoms with Crippen molar-refractivity contribution in [1.82, 2.24) is 4.90 Å². The third kappa shape index (κ3) is 3.68. The van der Waals surface area contributed by atoms with E-state index in [1.807, 2.05) is 22.7 Å². The lowest BCUT2D eigenvalue weighted by atomic mass is 10.1. The maximum Gasteiger partial charge on any atom is 0.255 e. The molecule has 20 heavy (non-hydrogen) atoms. The van der Waals surface area contributed by atoms with Gasteiger partial charge in [-0.3, -0.25) is 4.79 Å². The fourth-order valence-electron chi connectivity index (χ4n) is 2.27. The first kappa shape index (κ1) is 15.7. The van der Waals surface area contributed by atoms with E-state index >= 15 is 0 Å². The predicted octanol–water partition coefficient (Wildman–Crippen LogP) is 2.63. The van der Waals surface area contributed by atoms with E-state index in [0.717, 1.165) is 22.4 Å². The molecular weight excluding hydrogens is 340 g/mol. The number of nitrogen functional groups attached to an aromatic ring is 1. The van der Waals surface area contributed by atoms with E-state index in [1.165, 1.54) is 0 Å². The van der Waals surface area contributed by atoms with Crippen LogP contribution in [-0.2, 0) is 4.74 Å². The number of benzene rings is 1. The summed E-state index contributed by atoms with van der Waals surface area (Å²) in [5.41, 5.74) is 7.02. The second-order valence-corrected chi connectivity index (χ2v) is 6.75. The van der Waals surface area contributed by atoms with Gasteiger partial charge in [0.25, 0.3) is 5.91 Å². The summed E-state index contributed by atoms with van der Waals surface area (Å²) in [6, 6.07) is 5.62. The Morgan fingerprint density at radius 1 is 1.60 bits per heavy atom. The Kier molecular flexibility index (Phi) is 5.74. The minimum absolute atomic E-state index is 0.0220. The molecule has 0 saturated carbocycles. The zero-order valence-electron chi connectivity index (χ0n) is 11.5. The van der Waals surface area contributed by atoms with E-state index in [4.69, 9.17) is 10.5 Å². The molecule has 0 bridgehead atoms. The minimum Gasteiger partial charge on any atom is -0.399 e. The van der Waals surface area contributed by atoms with E-state index in [0.29, 0.717) is 24.4 Å². The molecule has 0 aromatic heterocycles. The summed E-state index contributed by atoms with van der Waals surface area (Å²) in [5, 5.41) is 0. The number of halogens is 1. The number of carbonyl (C=O) groups excluding carboxylic acids is 1. The second kappa shape index (κ2) is 7.33. The highest BCUT2D eigenvalue weighted by molar-refractivity contribution is 9.10. The molecule has 2 rings (SSSR count). The number of amides is 1. The summed E-state index contributed by atoms with van der Waals surface area (Å²) in [4.78, 5) is 14.7. The van der Waals surface area contributed by atoms with Gasteiger partial charge in [-0.15, -0.1) is 0 Å². The zero-order chi connectivity index (χ0) is 14.5. The van der Waals surface area contributed by atoms with Gasteiger partial charge in [-0.2, -0.15) is 11.8 Å². The number of methoxy groups -OCH3 is 1. The van der Waals surface area contributed by atoms with Crippen LogP contribution in [0.2, 0.25) is 0 Å². The molecule has 1 heterocycles. The number of nitrogens with two attached hydrogens (primary N) is 1. The first-order chi connectivity index (χ1) is 9.63. The maximum atomic E-state index is 12.8. The molecule has 6 heteroatoms. The molecule has 1 aliphatic rings. The molecule has 4 nitrogen and oxygen atoms in total. The molecule has 0 aliphatic carbocycles. The van der Waals surface area contributed by atoms with Gasteiger partial charge in [0.1, 0.15) is 0 Å². The van der Waals surface area contributed by atoms with Crippen LogP contribution in [0.3, 0.4) is 0 Å². The Morgan fingerprint density at radius 2 is 2.40 bits per heavy atom. The van der Waals surface area contributed by atoms with Gasteiger partial charge in [-0.1, -0.05) is 0 Å². The summed E-state index contributed by atoms with van der Waals surface area (Å²) in [6.07, 6.45) is 1.04. The summed E-state index contributed by atoms with van der Waals surface area (Å²) >= 11 is 5.33. The third-order valence-electron chi connectivity index (χ3n) is 3.36. The van der Waals surface area contributed by atoms with Gasteiger partial charge in [-0.25, -0.2) is 0 Å². The highest BCUT2D eigenvalue weighted by atomic mass is 79.9. The number of nitrogens with zero attached hydrogens (tertiary/aromatic N) is 1. The summed E-state index contributed by atoms with van der Waals surface area (Å²) < 4.78 is 5.92. The molecule has 2 N–H and O–H groups in total. The van der Waals surface area contributed by atoms with Crippen LogP contribution in [0.25, 0.3) is 0 Å². The Bertz CT molecular complexity index is 478. The third-order valence-corrected chi connectivity index (χ3v) is 5.20. The SMILES string of the molecule is COCCN(C(=O)c1cc(N)ccc1Br)C1CCSC1. The summed E-state index contributed by atoms with van der Waals surface area (Å²) in [7, 11) is 1.66. The summed E-state index contributed by atoms with van der Waals surface area (Å²) in [6.45, 7) is 1.16. The molecule has 0 radical (unpaired) electrons. The lowest BCUT2D eigenvalue weighted by Crippen LogP contribution is -2.42. The number of anilines is 1. The number of hydrogen-bond donors (Lipinski definition) is 1. The van der Waals surface area contributed by atoms with Gasteiger partial charge >= 0.3 is 0 Å². The van der Waals surface area contributed by atoms with Crippen LogP contribution >= 0.6 is 27.7 Å². The average Bonchev–Trinajstić information content (AvgIpc) is 2.95. The molecule has 1 unspecified atom stereocenters. The van der Waals surface area contributed by atoms with Crippen molar-refractivity contribution in [3.63, 3.8) is 0 Å². The zero-order valence-corrected chi connectivity index (χ0v) is 13.9. The van der Waals surface area contributed by atoms with Crippen molar-refractivity contribution >= 4 is 39.3 Å². The van der Waals surface area contributed by atoms with Crippen molar-refractivity contribution < 1.29 is 9.53 Å². The molecule has 1 aromatic carbocycles. The molecule has 1 aliphatic heterocycles. The van der Waals surface area contributed by atoms with Crippen LogP contribution in [0.5, 0.6) is 0 Å². The van der Waals surface area contributed by atoms with E-state index in [1.54, 1.807) is 19.2 Å². The van der Waals surface area contributed by atoms with E-state index < -0.39 is 0 Å². The van der Waals surface area contributed by atoms with E-state index in [9.17, 15) is 4.79 Å². The van der Waals surface area contributed by atoms with Gasteiger partial charge in [-0.05, 0) is 46.3 Å². The van der Waals surface area contributed by atoms with Gasteiger partial charge in [0, 0.05) is 35.6 Å². The number of ether oxygens (including phenoxy) is 1. The van der Waals surface area contributed by atoms with Gasteiger partial charge in [0.2, 0.25) is 0 Å². The Labute approximate surface area is 132 Å². The van der Waals surface area contributed by atoms with E-state index in [-0.39, 0.29) is 11.9 Å². The van der Waals surface area contributed by atoms with Crippen LogP contribution in [0.4, 0.5) is 5.69 Å². The normalized spacial score (nSPS) is 18.2. The molecule has 1 aromatic rings. The average molecular weight is 359 g/mol. The second-order valence-electron chi connectivity index (χ2n) is 4.75. The first-order valence-corrected chi connectivity index (χ1v) is 8.51. The smallest absolute Gasteiger partial charge is 0.255 e. The fraction of sp³-hybridized carbons (Fsp3) is 0.500. The minimum atomic E-state index is 0.0220. The first-order valence-electron chi connectivity index (χ1n) is 6.56. The Balaban J connectivity index is 2.22. The van der Waals surface area contributed by atoms with Crippen LogP contribution < -0.4 is 5.73 Å².